The summed E-state index contributed by atoms with van der Waals surface area (Å²) in [6.07, 6.45) is 12.7. The van der Waals surface area contributed by atoms with Gasteiger partial charge in [-0.1, -0.05) is 19.1 Å². The highest BCUT2D eigenvalue weighted by atomic mass is 19.2. The van der Waals surface area contributed by atoms with Gasteiger partial charge in [0, 0.05) is 163 Å². The molecule has 4 aliphatic rings. The van der Waals surface area contributed by atoms with E-state index in [0.29, 0.717) is 124 Å². The van der Waals surface area contributed by atoms with Crippen molar-refractivity contribution in [2.24, 2.45) is 0 Å². The van der Waals surface area contributed by atoms with Crippen molar-refractivity contribution in [1.82, 2.24) is 75.2 Å². The van der Waals surface area contributed by atoms with E-state index in [4.69, 9.17) is 14.6 Å². The van der Waals surface area contributed by atoms with Crippen LogP contribution in [0.2, 0.25) is 0 Å². The molecule has 5 N–H and O–H groups in total. The molecular weight excluding hydrogens is 1410 g/mol. The minimum absolute atomic E-state index is 0.192. The lowest BCUT2D eigenvalue weighted by atomic mass is 9.97. The summed E-state index contributed by atoms with van der Waals surface area (Å²) >= 11 is 0. The smallest absolute Gasteiger partial charge is 0.410 e. The summed E-state index contributed by atoms with van der Waals surface area (Å²) in [6, 6.07) is 23.0. The minimum atomic E-state index is -0.628. The Balaban J connectivity index is 0.000000166. The Bertz CT molecular complexity index is 5070. The Morgan fingerprint density at radius 3 is 1.62 bits per heavy atom. The number of piperazine rings is 3. The van der Waals surface area contributed by atoms with Gasteiger partial charge in [-0.25, -0.2) is 45.8 Å². The van der Waals surface area contributed by atoms with Gasteiger partial charge in [-0.3, -0.25) is 24.7 Å². The lowest BCUT2D eigenvalue weighted by Crippen LogP contribution is -2.49. The second-order valence-electron chi connectivity index (χ2n) is 28.3. The Labute approximate surface area is 627 Å². The van der Waals surface area contributed by atoms with Crippen molar-refractivity contribution < 1.29 is 50.2 Å². The Kier molecular flexibility index (Phi) is 23.4. The first-order chi connectivity index (χ1) is 52.6. The monoisotopic (exact) mass is 1490 g/mol. The van der Waals surface area contributed by atoms with Gasteiger partial charge >= 0.3 is 6.09 Å². The summed E-state index contributed by atoms with van der Waals surface area (Å²) in [6.45, 7) is 23.2. The molecule has 109 heavy (non-hydrogen) atoms. The molecular formula is C80H88F6N18O5. The highest BCUT2D eigenvalue weighted by molar-refractivity contribution is 5.98. The van der Waals surface area contributed by atoms with Gasteiger partial charge in [-0.2, -0.15) is 10.2 Å². The first-order valence-corrected chi connectivity index (χ1v) is 36.8. The number of H-pyrrole nitrogens is 3. The summed E-state index contributed by atoms with van der Waals surface area (Å²) in [5.41, 5.74) is 12.2. The van der Waals surface area contributed by atoms with Crippen LogP contribution < -0.4 is 25.3 Å². The summed E-state index contributed by atoms with van der Waals surface area (Å²) in [5, 5.41) is 20.8. The number of benzene rings is 5. The van der Waals surface area contributed by atoms with Crippen LogP contribution in [0.25, 0.3) is 67.1 Å². The fraction of sp³-hybridized carbons (Fsp3) is 0.362. The van der Waals surface area contributed by atoms with Crippen LogP contribution in [-0.2, 0) is 22.6 Å². The lowest BCUT2D eigenvalue weighted by Gasteiger charge is -2.36. The average Bonchev–Trinajstić information content (AvgIpc) is 1.62. The predicted octanol–water partition coefficient (Wildman–Crippen LogP) is 13.5. The van der Waals surface area contributed by atoms with Crippen LogP contribution in [0.4, 0.5) is 48.2 Å². The zero-order valence-corrected chi connectivity index (χ0v) is 62.0. The SMILES string of the molecule is CCN(Cc1cncc(-c2ccc3c(c2)c(-c2ncc(C(=O)N4CCN(c5ccc(F)cc5F)CC4)[nH]2)nn3C2CCCCO2)c1C)C(=O)OC(C)(C)C.CCNCc1cncc(-c2ccc3[nH]nc(-c4ncc(C(=O)N5CCN(c6ccc(F)cc6F)CC5)[nH]4)c3c2)c1C.Fc1ccc(N2CCNCC2)c(F)c1. The normalized spacial score (nSPS) is 15.6. The summed E-state index contributed by atoms with van der Waals surface area (Å²) in [5.74, 6) is -2.96. The van der Waals surface area contributed by atoms with Crippen molar-refractivity contribution >= 4 is 56.8 Å². The van der Waals surface area contributed by atoms with E-state index in [1.54, 1.807) is 20.9 Å². The summed E-state index contributed by atoms with van der Waals surface area (Å²) in [4.78, 5) is 75.0. The van der Waals surface area contributed by atoms with Crippen LogP contribution in [0, 0.1) is 48.8 Å². The Morgan fingerprint density at radius 1 is 0.596 bits per heavy atom. The van der Waals surface area contributed by atoms with Gasteiger partial charge < -0.3 is 59.5 Å². The van der Waals surface area contributed by atoms with Gasteiger partial charge in [0.1, 0.15) is 63.3 Å². The second kappa shape index (κ2) is 33.5. The van der Waals surface area contributed by atoms with Gasteiger partial charge in [-0.15, -0.1) is 0 Å². The van der Waals surface area contributed by atoms with Gasteiger partial charge in [0.05, 0.1) is 47.0 Å². The number of halogens is 6. The number of aromatic amines is 3. The molecule has 6 aromatic heterocycles. The number of anilines is 3. The second-order valence-corrected chi connectivity index (χ2v) is 28.3. The van der Waals surface area contributed by atoms with Crippen LogP contribution in [0.3, 0.4) is 0 Å². The maximum atomic E-state index is 14.4. The number of rotatable bonds is 16. The maximum Gasteiger partial charge on any atom is 0.410 e. The molecule has 0 aliphatic carbocycles. The first-order valence-electron chi connectivity index (χ1n) is 36.8. The van der Waals surface area contributed by atoms with Crippen molar-refractivity contribution in [2.45, 2.75) is 92.6 Å². The molecule has 4 aliphatic heterocycles. The van der Waals surface area contributed by atoms with Crippen molar-refractivity contribution in [3.8, 4) is 45.3 Å². The number of amides is 3. The first kappa shape index (κ1) is 76.0. The largest absolute Gasteiger partial charge is 0.444 e. The fourth-order valence-corrected chi connectivity index (χ4v) is 14.0. The molecule has 29 heteroatoms. The number of imidazole rings is 2. The van der Waals surface area contributed by atoms with Gasteiger partial charge in [0.25, 0.3) is 11.8 Å². The van der Waals surface area contributed by atoms with E-state index in [1.807, 2.05) is 96.9 Å². The number of carbonyl (C=O) groups excluding carboxylic acids is 3. The molecule has 1 atom stereocenters. The minimum Gasteiger partial charge on any atom is -0.444 e. The number of fused-ring (bicyclic) bond motifs is 2. The Hall–Kier alpha value is -11.2. The molecule has 11 aromatic rings. The van der Waals surface area contributed by atoms with Gasteiger partial charge in [0.15, 0.2) is 17.9 Å². The number of nitrogens with zero attached hydrogens (tertiary/aromatic N) is 13. The molecule has 4 fully saturated rings. The quantitative estimate of drug-likeness (QED) is 0.0565. The van der Waals surface area contributed by atoms with Crippen LogP contribution in [0.1, 0.15) is 103 Å². The van der Waals surface area contributed by atoms with E-state index < -0.39 is 40.5 Å². The van der Waals surface area contributed by atoms with Crippen molar-refractivity contribution in [2.75, 3.05) is 113 Å². The van der Waals surface area contributed by atoms with E-state index in [9.17, 15) is 40.7 Å². The zero-order valence-electron chi connectivity index (χ0n) is 62.0. The van der Waals surface area contributed by atoms with E-state index >= 15 is 0 Å². The topological polar surface area (TPSA) is 243 Å². The molecule has 15 rings (SSSR count). The third-order valence-electron chi connectivity index (χ3n) is 20.0. The number of pyridine rings is 2. The molecule has 570 valence electrons. The highest BCUT2D eigenvalue weighted by Crippen LogP contribution is 2.38. The highest BCUT2D eigenvalue weighted by Gasteiger charge is 2.31. The molecule has 3 amide bonds. The number of aromatic nitrogens is 10. The lowest BCUT2D eigenvalue weighted by molar-refractivity contribution is -0.0365. The molecule has 1 unspecified atom stereocenters. The molecule has 23 nitrogen and oxygen atoms in total. The van der Waals surface area contributed by atoms with Crippen molar-refractivity contribution in [1.29, 1.82) is 0 Å². The molecule has 0 radical (unpaired) electrons. The molecule has 5 aromatic carbocycles. The zero-order chi connectivity index (χ0) is 76.6. The van der Waals surface area contributed by atoms with Crippen molar-refractivity contribution in [3.05, 3.63) is 197 Å². The van der Waals surface area contributed by atoms with E-state index in [-0.39, 0.29) is 24.1 Å². The summed E-state index contributed by atoms with van der Waals surface area (Å²) < 4.78 is 95.1. The third kappa shape index (κ3) is 17.4. The molecule has 4 saturated heterocycles. The fourth-order valence-electron chi connectivity index (χ4n) is 14.0. The molecule has 10 heterocycles. The number of nitrogens with one attached hydrogen (secondary N) is 5. The number of carbonyl (C=O) groups is 3. The number of hydrogen-bond donors (Lipinski definition) is 5. The standard InChI is InChI=1S/C40H46F2N8O4.C30H30F2N8O.C10H12F2N2/c1-6-47(39(52)54-40(3,4)5)24-27-21-43-22-30(25(27)2)26-10-12-33-29(19-26)36(46-50(33)35-9-7-8-18-53-35)37-44-23-32(45-37)38(51)49-16-14-48(15-17-49)34-13-11-28(41)20-31(34)42;1-3-33-14-20-15-34-16-23(18(20)2)19-4-6-25-22(12-19)28(38-37-25)29-35-17-26(36-29)30(41)40-10-8-39(9-11-40)27-7-5-21(31)13-24(27)32;11-8-1-2-10(9(12)7-8)14-5-3-13-4-6-14/h10-13,19-23,35H,6-9,14-18,24H2,1-5H3,(H,44,45);4-7,12-13,15-17,33H,3,8-11,14H2,1-2H3,(H,35,36)(H,37,38);1-2,7,13H,3-6H2. The van der Waals surface area contributed by atoms with Crippen molar-refractivity contribution in [3.63, 3.8) is 0 Å². The Morgan fingerprint density at radius 2 is 1.11 bits per heavy atom. The predicted molar refractivity (Wildman–Crippen MR) is 406 cm³/mol. The van der Waals surface area contributed by atoms with Crippen LogP contribution >= 0.6 is 0 Å². The van der Waals surface area contributed by atoms with Gasteiger partial charge in [-0.05, 0) is 161 Å². The molecule has 0 saturated carbocycles. The molecule has 0 spiro atoms. The van der Waals surface area contributed by atoms with Gasteiger partial charge in [0.2, 0.25) is 0 Å². The van der Waals surface area contributed by atoms with Crippen LogP contribution in [-0.4, -0.2) is 186 Å². The summed E-state index contributed by atoms with van der Waals surface area (Å²) in [7, 11) is 0. The third-order valence-corrected chi connectivity index (χ3v) is 20.0. The van der Waals surface area contributed by atoms with E-state index in [0.717, 1.165) is 137 Å². The van der Waals surface area contributed by atoms with Crippen LogP contribution in [0.15, 0.2) is 128 Å². The van der Waals surface area contributed by atoms with E-state index in [1.165, 1.54) is 54.4 Å². The maximum absolute atomic E-state index is 14.4. The van der Waals surface area contributed by atoms with E-state index in [2.05, 4.69) is 76.7 Å². The molecule has 0 bridgehead atoms. The van der Waals surface area contributed by atoms with Crippen LogP contribution in [0.5, 0.6) is 0 Å². The average molecular weight is 1500 g/mol. The number of hydrogen-bond acceptors (Lipinski definition) is 16. The number of ether oxygens (including phenoxy) is 2.